The van der Waals surface area contributed by atoms with Crippen LogP contribution in [-0.2, 0) is 20.4 Å². The summed E-state index contributed by atoms with van der Waals surface area (Å²) in [4.78, 5) is 12.0. The molecule has 29 heavy (non-hydrogen) atoms. The molecule has 0 aliphatic rings. The molecule has 0 atom stereocenters. The second-order valence-electron chi connectivity index (χ2n) is 5.80. The Labute approximate surface area is 165 Å². The zero-order valence-electron chi connectivity index (χ0n) is 15.7. The third-order valence-electron chi connectivity index (χ3n) is 3.88. The summed E-state index contributed by atoms with van der Waals surface area (Å²) in [6.07, 6.45) is 2.75. The van der Waals surface area contributed by atoms with Crippen LogP contribution in [0.1, 0.15) is 22.3 Å². The van der Waals surface area contributed by atoms with Crippen LogP contribution in [0.5, 0.6) is 0 Å². The first-order valence-corrected chi connectivity index (χ1v) is 8.40. The summed E-state index contributed by atoms with van der Waals surface area (Å²) in [5.74, 6) is -1.55. The van der Waals surface area contributed by atoms with Gasteiger partial charge in [-0.15, -0.1) is 0 Å². The normalized spacial score (nSPS) is 12.6. The van der Waals surface area contributed by atoms with Crippen LogP contribution >= 0.6 is 0 Å². The van der Waals surface area contributed by atoms with E-state index < -0.39 is 23.5 Å². The van der Waals surface area contributed by atoms with E-state index in [0.29, 0.717) is 17.2 Å². The van der Waals surface area contributed by atoms with Crippen LogP contribution in [0, 0.1) is 5.82 Å². The van der Waals surface area contributed by atoms with E-state index in [1.54, 1.807) is 36.4 Å². The maximum atomic E-state index is 13.9. The molecule has 2 aromatic rings. The molecule has 0 aliphatic carbocycles. The Balaban J connectivity index is 2.26. The van der Waals surface area contributed by atoms with Crippen LogP contribution in [-0.4, -0.2) is 20.2 Å². The van der Waals surface area contributed by atoms with Gasteiger partial charge in [-0.3, -0.25) is 0 Å². The summed E-state index contributed by atoms with van der Waals surface area (Å²) in [5, 5.41) is 0. The molecule has 0 spiro atoms. The number of halogens is 4. The van der Waals surface area contributed by atoms with Gasteiger partial charge in [0.25, 0.3) is 0 Å². The number of allylic oxidation sites excluding steroid dienone is 2. The van der Waals surface area contributed by atoms with Crippen molar-refractivity contribution in [2.75, 3.05) is 14.2 Å². The van der Waals surface area contributed by atoms with Crippen molar-refractivity contribution in [3.05, 3.63) is 88.9 Å². The standard InChI is InChI=1S/C22H18F4O3/c1-28-14-19(21(27)29-2)18-10-6-5-8-15(18)7-3-4-9-16-11-12-17(13-20(16)23)22(24,25)26/h3-14H,1-2H3. The molecule has 0 saturated heterocycles. The van der Waals surface area contributed by atoms with Gasteiger partial charge < -0.3 is 9.47 Å². The van der Waals surface area contributed by atoms with Gasteiger partial charge in [0, 0.05) is 5.56 Å². The highest BCUT2D eigenvalue weighted by atomic mass is 19.4. The molecule has 0 unspecified atom stereocenters. The number of hydrogen-bond donors (Lipinski definition) is 0. The molecule has 0 saturated carbocycles. The number of carbonyl (C=O) groups is 1. The van der Waals surface area contributed by atoms with Gasteiger partial charge in [-0.05, 0) is 23.3 Å². The molecule has 2 rings (SSSR count). The lowest BCUT2D eigenvalue weighted by molar-refractivity contribution is -0.137. The Morgan fingerprint density at radius 2 is 1.62 bits per heavy atom. The Morgan fingerprint density at radius 1 is 0.966 bits per heavy atom. The summed E-state index contributed by atoms with van der Waals surface area (Å²) >= 11 is 0. The molecule has 0 aliphatic heterocycles. The minimum Gasteiger partial charge on any atom is -0.503 e. The number of carbonyl (C=O) groups excluding carboxylic acids is 1. The molecule has 3 nitrogen and oxygen atoms in total. The van der Waals surface area contributed by atoms with Crippen molar-refractivity contribution >= 4 is 23.7 Å². The van der Waals surface area contributed by atoms with Gasteiger partial charge in [0.15, 0.2) is 0 Å². The number of methoxy groups -OCH3 is 2. The largest absolute Gasteiger partial charge is 0.503 e. The Bertz CT molecular complexity index is 957. The van der Waals surface area contributed by atoms with E-state index in [1.165, 1.54) is 32.6 Å². The van der Waals surface area contributed by atoms with Gasteiger partial charge >= 0.3 is 12.1 Å². The molecule has 0 fully saturated rings. The summed E-state index contributed by atoms with van der Waals surface area (Å²) in [5.41, 5.74) is 0.417. The third-order valence-corrected chi connectivity index (χ3v) is 3.88. The van der Waals surface area contributed by atoms with Crippen molar-refractivity contribution in [3.63, 3.8) is 0 Å². The molecular formula is C22H18F4O3. The second-order valence-corrected chi connectivity index (χ2v) is 5.80. The summed E-state index contributed by atoms with van der Waals surface area (Å²) in [6, 6.07) is 9.31. The molecule has 0 N–H and O–H groups in total. The number of benzene rings is 2. The monoisotopic (exact) mass is 406 g/mol. The molecule has 0 heterocycles. The van der Waals surface area contributed by atoms with Crippen LogP contribution in [0.25, 0.3) is 17.7 Å². The Morgan fingerprint density at radius 3 is 2.21 bits per heavy atom. The summed E-state index contributed by atoms with van der Waals surface area (Å²) in [6.45, 7) is 0. The molecule has 7 heteroatoms. The highest BCUT2D eigenvalue weighted by molar-refractivity contribution is 6.17. The molecule has 0 bridgehead atoms. The lowest BCUT2D eigenvalue weighted by atomic mass is 10.00. The van der Waals surface area contributed by atoms with Gasteiger partial charge in [0.05, 0.1) is 26.0 Å². The lowest BCUT2D eigenvalue weighted by Gasteiger charge is -2.08. The van der Waals surface area contributed by atoms with Crippen LogP contribution in [0.15, 0.2) is 60.9 Å². The fourth-order valence-corrected chi connectivity index (χ4v) is 2.49. The van der Waals surface area contributed by atoms with Gasteiger partial charge in [0.2, 0.25) is 0 Å². The molecule has 0 amide bonds. The maximum absolute atomic E-state index is 13.9. The SMILES string of the molecule is COC=C(C(=O)OC)c1ccccc1C=CC=Cc1ccc(C(F)(F)F)cc1F. The zero-order chi connectivity index (χ0) is 21.4. The number of esters is 1. The minimum absolute atomic E-state index is 0.0189. The Kier molecular flexibility index (Phi) is 7.36. The van der Waals surface area contributed by atoms with E-state index in [9.17, 15) is 22.4 Å². The van der Waals surface area contributed by atoms with Crippen molar-refractivity contribution in [1.82, 2.24) is 0 Å². The first kappa shape index (κ1) is 21.9. The first-order valence-electron chi connectivity index (χ1n) is 8.40. The smallest absolute Gasteiger partial charge is 0.416 e. The molecule has 0 radical (unpaired) electrons. The number of ether oxygens (including phenoxy) is 2. The second kappa shape index (κ2) is 9.73. The van der Waals surface area contributed by atoms with Crippen LogP contribution < -0.4 is 0 Å². The van der Waals surface area contributed by atoms with E-state index in [-0.39, 0.29) is 11.1 Å². The average Bonchev–Trinajstić information content (AvgIpc) is 2.69. The first-order chi connectivity index (χ1) is 13.8. The Hall–Kier alpha value is -3.35. The molecule has 0 aromatic heterocycles. The van der Waals surface area contributed by atoms with E-state index in [0.717, 1.165) is 12.1 Å². The number of rotatable bonds is 6. The van der Waals surface area contributed by atoms with Gasteiger partial charge in [-0.2, -0.15) is 13.2 Å². The molecular weight excluding hydrogens is 388 g/mol. The minimum atomic E-state index is -4.60. The summed E-state index contributed by atoms with van der Waals surface area (Å²) < 4.78 is 61.3. The van der Waals surface area contributed by atoms with Gasteiger partial charge in [0.1, 0.15) is 11.4 Å². The van der Waals surface area contributed by atoms with Crippen molar-refractivity contribution in [2.45, 2.75) is 6.18 Å². The van der Waals surface area contributed by atoms with Crippen molar-refractivity contribution in [3.8, 4) is 0 Å². The summed E-state index contributed by atoms with van der Waals surface area (Å²) in [7, 11) is 2.66. The van der Waals surface area contributed by atoms with Crippen LogP contribution in [0.3, 0.4) is 0 Å². The average molecular weight is 406 g/mol. The van der Waals surface area contributed by atoms with Crippen LogP contribution in [0.4, 0.5) is 17.6 Å². The van der Waals surface area contributed by atoms with Crippen molar-refractivity contribution in [2.24, 2.45) is 0 Å². The van der Waals surface area contributed by atoms with E-state index in [1.807, 2.05) is 0 Å². The predicted octanol–water partition coefficient (Wildman–Crippen LogP) is 5.73. The van der Waals surface area contributed by atoms with Crippen molar-refractivity contribution < 1.29 is 31.8 Å². The fraction of sp³-hybridized carbons (Fsp3) is 0.136. The van der Waals surface area contributed by atoms with E-state index in [2.05, 4.69) is 0 Å². The van der Waals surface area contributed by atoms with Crippen LogP contribution in [0.2, 0.25) is 0 Å². The lowest BCUT2D eigenvalue weighted by Crippen LogP contribution is -2.05. The maximum Gasteiger partial charge on any atom is 0.416 e. The quantitative estimate of drug-likeness (QED) is 0.202. The van der Waals surface area contributed by atoms with Gasteiger partial charge in [-0.1, -0.05) is 54.6 Å². The highest BCUT2D eigenvalue weighted by Gasteiger charge is 2.30. The predicted molar refractivity (Wildman–Crippen MR) is 103 cm³/mol. The van der Waals surface area contributed by atoms with Crippen molar-refractivity contribution in [1.29, 1.82) is 0 Å². The highest BCUT2D eigenvalue weighted by Crippen LogP contribution is 2.30. The topological polar surface area (TPSA) is 35.5 Å². The number of alkyl halides is 3. The molecule has 2 aromatic carbocycles. The van der Waals surface area contributed by atoms with E-state index >= 15 is 0 Å². The number of hydrogen-bond acceptors (Lipinski definition) is 3. The fourth-order valence-electron chi connectivity index (χ4n) is 2.49. The van der Waals surface area contributed by atoms with E-state index in [4.69, 9.17) is 9.47 Å². The third kappa shape index (κ3) is 5.81. The molecule has 152 valence electrons. The van der Waals surface area contributed by atoms with Gasteiger partial charge in [-0.25, -0.2) is 9.18 Å². The zero-order valence-corrected chi connectivity index (χ0v) is 15.7.